The quantitative estimate of drug-likeness (QED) is 0.575. The standard InChI is InChI=1S/C8H10N2O2/c1-5-4-11-7-3-9-6(2)10-8(7)12-5/h3,5H,4H2,1-2H3/t5-/m0/s1. The SMILES string of the molecule is Cc1ncc2c(n1)O[C@@H](C)CO2. The number of ether oxygens (including phenoxy) is 2. The van der Waals surface area contributed by atoms with Crippen LogP contribution in [0.2, 0.25) is 0 Å². The van der Waals surface area contributed by atoms with Gasteiger partial charge in [-0.05, 0) is 13.8 Å². The van der Waals surface area contributed by atoms with Crippen molar-refractivity contribution >= 4 is 0 Å². The lowest BCUT2D eigenvalue weighted by atomic mass is 10.4. The summed E-state index contributed by atoms with van der Waals surface area (Å²) in [6.07, 6.45) is 1.72. The first-order valence-electron chi connectivity index (χ1n) is 3.89. The summed E-state index contributed by atoms with van der Waals surface area (Å²) in [6, 6.07) is 0. The fourth-order valence-electron chi connectivity index (χ4n) is 1.05. The molecular weight excluding hydrogens is 156 g/mol. The summed E-state index contributed by atoms with van der Waals surface area (Å²) in [5.41, 5.74) is 0. The first-order valence-corrected chi connectivity index (χ1v) is 3.89. The molecule has 0 N–H and O–H groups in total. The lowest BCUT2D eigenvalue weighted by molar-refractivity contribution is 0.0966. The third-order valence-electron chi connectivity index (χ3n) is 1.63. The number of fused-ring (bicyclic) bond motifs is 1. The van der Waals surface area contributed by atoms with Crippen molar-refractivity contribution in [2.75, 3.05) is 6.61 Å². The van der Waals surface area contributed by atoms with E-state index in [-0.39, 0.29) is 6.10 Å². The smallest absolute Gasteiger partial charge is 0.260 e. The summed E-state index contributed by atoms with van der Waals surface area (Å²) >= 11 is 0. The van der Waals surface area contributed by atoms with Gasteiger partial charge in [-0.3, -0.25) is 0 Å². The van der Waals surface area contributed by atoms with Crippen molar-refractivity contribution in [1.82, 2.24) is 9.97 Å². The Bertz CT molecular complexity index is 301. The number of aryl methyl sites for hydroxylation is 1. The molecule has 4 nitrogen and oxygen atoms in total. The van der Waals surface area contributed by atoms with Crippen molar-refractivity contribution in [2.24, 2.45) is 0 Å². The Morgan fingerprint density at radius 3 is 3.25 bits per heavy atom. The number of aromatic nitrogens is 2. The van der Waals surface area contributed by atoms with Crippen LogP contribution < -0.4 is 9.47 Å². The van der Waals surface area contributed by atoms with Crippen molar-refractivity contribution in [1.29, 1.82) is 0 Å². The summed E-state index contributed by atoms with van der Waals surface area (Å²) in [7, 11) is 0. The van der Waals surface area contributed by atoms with Gasteiger partial charge in [0.2, 0.25) is 0 Å². The zero-order valence-electron chi connectivity index (χ0n) is 7.07. The number of hydrogen-bond donors (Lipinski definition) is 0. The van der Waals surface area contributed by atoms with Crippen LogP contribution in [0.5, 0.6) is 11.6 Å². The first-order chi connectivity index (χ1) is 5.75. The molecule has 0 saturated heterocycles. The van der Waals surface area contributed by atoms with E-state index in [4.69, 9.17) is 9.47 Å². The summed E-state index contributed by atoms with van der Waals surface area (Å²) in [5, 5.41) is 0. The zero-order valence-corrected chi connectivity index (χ0v) is 7.07. The van der Waals surface area contributed by atoms with E-state index in [0.717, 1.165) is 0 Å². The van der Waals surface area contributed by atoms with E-state index in [9.17, 15) is 0 Å². The molecule has 0 fully saturated rings. The third-order valence-corrected chi connectivity index (χ3v) is 1.63. The lowest BCUT2D eigenvalue weighted by Crippen LogP contribution is -2.26. The minimum atomic E-state index is 0.0757. The van der Waals surface area contributed by atoms with Gasteiger partial charge in [0.05, 0.1) is 6.20 Å². The monoisotopic (exact) mass is 166 g/mol. The summed E-state index contributed by atoms with van der Waals surface area (Å²) < 4.78 is 10.8. The van der Waals surface area contributed by atoms with Gasteiger partial charge >= 0.3 is 0 Å². The Hall–Kier alpha value is -1.32. The fraction of sp³-hybridized carbons (Fsp3) is 0.500. The Morgan fingerprint density at radius 2 is 2.42 bits per heavy atom. The third kappa shape index (κ3) is 1.20. The van der Waals surface area contributed by atoms with Crippen LogP contribution in [0.15, 0.2) is 6.20 Å². The van der Waals surface area contributed by atoms with Crippen molar-refractivity contribution in [3.8, 4) is 11.6 Å². The molecule has 0 aromatic carbocycles. The molecule has 1 aliphatic rings. The van der Waals surface area contributed by atoms with E-state index < -0.39 is 0 Å². The van der Waals surface area contributed by atoms with E-state index in [1.54, 1.807) is 6.20 Å². The minimum absolute atomic E-state index is 0.0757. The van der Waals surface area contributed by atoms with Crippen molar-refractivity contribution in [3.63, 3.8) is 0 Å². The molecular formula is C8H10N2O2. The van der Waals surface area contributed by atoms with Crippen LogP contribution >= 0.6 is 0 Å². The average molecular weight is 166 g/mol. The van der Waals surface area contributed by atoms with Gasteiger partial charge in [-0.2, -0.15) is 4.98 Å². The number of hydrogen-bond acceptors (Lipinski definition) is 4. The largest absolute Gasteiger partial charge is 0.483 e. The zero-order chi connectivity index (χ0) is 8.55. The molecule has 2 rings (SSSR count). The van der Waals surface area contributed by atoms with Crippen LogP contribution in [-0.4, -0.2) is 22.7 Å². The molecule has 1 aromatic rings. The maximum Gasteiger partial charge on any atom is 0.260 e. The van der Waals surface area contributed by atoms with Crippen molar-refractivity contribution < 1.29 is 9.47 Å². The molecule has 4 heteroatoms. The summed E-state index contributed by atoms with van der Waals surface area (Å²) in [4.78, 5) is 8.11. The van der Waals surface area contributed by atoms with Gasteiger partial charge in [0.15, 0.2) is 5.75 Å². The van der Waals surface area contributed by atoms with E-state index >= 15 is 0 Å². The van der Waals surface area contributed by atoms with E-state index in [1.807, 2.05) is 13.8 Å². The van der Waals surface area contributed by atoms with Gasteiger partial charge in [-0.25, -0.2) is 4.98 Å². The highest BCUT2D eigenvalue weighted by Gasteiger charge is 2.18. The maximum absolute atomic E-state index is 5.44. The molecule has 0 radical (unpaired) electrons. The van der Waals surface area contributed by atoms with Gasteiger partial charge in [0.25, 0.3) is 5.88 Å². The van der Waals surface area contributed by atoms with Gasteiger partial charge in [0.1, 0.15) is 18.5 Å². The van der Waals surface area contributed by atoms with Crippen LogP contribution in [0.25, 0.3) is 0 Å². The minimum Gasteiger partial charge on any atom is -0.483 e. The Morgan fingerprint density at radius 1 is 1.58 bits per heavy atom. The van der Waals surface area contributed by atoms with Gasteiger partial charge in [0, 0.05) is 0 Å². The predicted molar refractivity (Wildman–Crippen MR) is 42.4 cm³/mol. The Kier molecular flexibility index (Phi) is 1.60. The van der Waals surface area contributed by atoms with Gasteiger partial charge in [-0.1, -0.05) is 0 Å². The van der Waals surface area contributed by atoms with Crippen LogP contribution in [0.1, 0.15) is 12.7 Å². The molecule has 2 heterocycles. The Labute approximate surface area is 70.6 Å². The molecule has 0 saturated carbocycles. The van der Waals surface area contributed by atoms with Gasteiger partial charge in [-0.15, -0.1) is 0 Å². The molecule has 0 amide bonds. The second-order valence-corrected chi connectivity index (χ2v) is 2.83. The van der Waals surface area contributed by atoms with Crippen molar-refractivity contribution in [2.45, 2.75) is 20.0 Å². The van der Waals surface area contributed by atoms with Crippen molar-refractivity contribution in [3.05, 3.63) is 12.0 Å². The average Bonchev–Trinajstić information content (AvgIpc) is 2.03. The highest BCUT2D eigenvalue weighted by atomic mass is 16.6. The normalized spacial score (nSPS) is 20.7. The molecule has 0 aliphatic carbocycles. The fourth-order valence-corrected chi connectivity index (χ4v) is 1.05. The summed E-state index contributed by atoms with van der Waals surface area (Å²) in [5.74, 6) is 1.89. The molecule has 0 bridgehead atoms. The predicted octanol–water partition coefficient (Wildman–Crippen LogP) is 0.945. The van der Waals surface area contributed by atoms with Crippen LogP contribution in [0, 0.1) is 6.92 Å². The molecule has 1 atom stereocenters. The molecule has 1 aromatic heterocycles. The molecule has 12 heavy (non-hydrogen) atoms. The highest BCUT2D eigenvalue weighted by molar-refractivity contribution is 5.32. The van der Waals surface area contributed by atoms with E-state index in [2.05, 4.69) is 9.97 Å². The number of nitrogens with zero attached hydrogens (tertiary/aromatic N) is 2. The number of rotatable bonds is 0. The maximum atomic E-state index is 5.44. The van der Waals surface area contributed by atoms with Crippen LogP contribution in [-0.2, 0) is 0 Å². The molecule has 1 aliphatic heterocycles. The van der Waals surface area contributed by atoms with E-state index in [1.165, 1.54) is 0 Å². The second kappa shape index (κ2) is 2.62. The second-order valence-electron chi connectivity index (χ2n) is 2.83. The molecule has 0 spiro atoms. The van der Waals surface area contributed by atoms with Gasteiger partial charge < -0.3 is 9.47 Å². The Balaban J connectivity index is 2.37. The summed E-state index contributed by atoms with van der Waals surface area (Å²) in [6.45, 7) is 4.34. The first kappa shape index (κ1) is 7.34. The lowest BCUT2D eigenvalue weighted by Gasteiger charge is -2.22. The molecule has 64 valence electrons. The topological polar surface area (TPSA) is 44.2 Å². The highest BCUT2D eigenvalue weighted by Crippen LogP contribution is 2.27. The van der Waals surface area contributed by atoms with Crippen LogP contribution in [0.3, 0.4) is 0 Å². The molecule has 0 unspecified atom stereocenters. The van der Waals surface area contributed by atoms with E-state index in [0.29, 0.717) is 24.1 Å². The van der Waals surface area contributed by atoms with Crippen LogP contribution in [0.4, 0.5) is 0 Å².